The highest BCUT2D eigenvalue weighted by Crippen LogP contribution is 2.33. The second-order valence-corrected chi connectivity index (χ2v) is 5.55. The summed E-state index contributed by atoms with van der Waals surface area (Å²) < 4.78 is 2.18. The lowest BCUT2D eigenvalue weighted by Crippen LogP contribution is -2.21. The van der Waals surface area contributed by atoms with Crippen LogP contribution in [0.4, 0.5) is 0 Å². The van der Waals surface area contributed by atoms with Gasteiger partial charge >= 0.3 is 0 Å². The summed E-state index contributed by atoms with van der Waals surface area (Å²) in [5, 5.41) is 4.40. The van der Waals surface area contributed by atoms with E-state index in [-0.39, 0.29) is 6.04 Å². The molecule has 0 bridgehead atoms. The van der Waals surface area contributed by atoms with E-state index in [1.807, 2.05) is 36.7 Å². The number of fused-ring (bicyclic) bond motifs is 3. The average molecular weight is 296 g/mol. The Morgan fingerprint density at radius 2 is 1.95 bits per heavy atom. The Hall–Kier alpha value is -2.10. The van der Waals surface area contributed by atoms with Gasteiger partial charge in [0.1, 0.15) is 0 Å². The molecule has 0 radical (unpaired) electrons. The third-order valence-electron chi connectivity index (χ3n) is 3.92. The number of hydrogen-bond donors (Lipinski definition) is 1. The number of halogens is 1. The van der Waals surface area contributed by atoms with Crippen LogP contribution in [0.15, 0.2) is 61.1 Å². The summed E-state index contributed by atoms with van der Waals surface area (Å²) >= 11 is 6.43. The number of pyridine rings is 1. The summed E-state index contributed by atoms with van der Waals surface area (Å²) in [6.07, 6.45) is 5.73. The van der Waals surface area contributed by atoms with Crippen LogP contribution >= 0.6 is 11.6 Å². The molecule has 3 nitrogen and oxygen atoms in total. The molecule has 0 spiro atoms. The minimum Gasteiger partial charge on any atom is -0.317 e. The first kappa shape index (κ1) is 12.6. The second-order valence-electron chi connectivity index (χ2n) is 5.15. The van der Waals surface area contributed by atoms with Crippen LogP contribution in [0.1, 0.15) is 22.9 Å². The maximum Gasteiger partial charge on any atom is 0.0738 e. The van der Waals surface area contributed by atoms with Crippen molar-refractivity contribution in [1.82, 2.24) is 14.9 Å². The Morgan fingerprint density at radius 3 is 2.81 bits per heavy atom. The molecule has 4 rings (SSSR count). The summed E-state index contributed by atoms with van der Waals surface area (Å²) in [5.41, 5.74) is 4.67. The van der Waals surface area contributed by atoms with E-state index in [9.17, 15) is 0 Å². The van der Waals surface area contributed by atoms with Crippen molar-refractivity contribution in [3.8, 4) is 5.69 Å². The standard InChI is InChI=1S/C17H14ClN3/c18-14-4-1-3-13-11-20-16(12-6-8-19-9-7-12)15-5-2-10-21(15)17(13)14/h1-10,16,20H,11H2. The van der Waals surface area contributed by atoms with Crippen molar-refractivity contribution >= 4 is 11.6 Å². The topological polar surface area (TPSA) is 29.9 Å². The minimum atomic E-state index is 0.131. The highest BCUT2D eigenvalue weighted by atomic mass is 35.5. The minimum absolute atomic E-state index is 0.131. The summed E-state index contributed by atoms with van der Waals surface area (Å²) in [6.45, 7) is 0.782. The van der Waals surface area contributed by atoms with E-state index < -0.39 is 0 Å². The third kappa shape index (κ3) is 2.06. The summed E-state index contributed by atoms with van der Waals surface area (Å²) in [5.74, 6) is 0. The number of nitrogens with one attached hydrogen (secondary N) is 1. The number of para-hydroxylation sites is 1. The predicted molar refractivity (Wildman–Crippen MR) is 83.7 cm³/mol. The van der Waals surface area contributed by atoms with E-state index in [1.165, 1.54) is 16.8 Å². The maximum absolute atomic E-state index is 6.43. The highest BCUT2D eigenvalue weighted by molar-refractivity contribution is 6.32. The molecular weight excluding hydrogens is 282 g/mol. The zero-order valence-corrected chi connectivity index (χ0v) is 12.1. The van der Waals surface area contributed by atoms with Gasteiger partial charge in [-0.15, -0.1) is 0 Å². The molecule has 104 valence electrons. The van der Waals surface area contributed by atoms with E-state index in [4.69, 9.17) is 11.6 Å². The van der Waals surface area contributed by atoms with Gasteiger partial charge in [0.05, 0.1) is 16.8 Å². The van der Waals surface area contributed by atoms with Crippen LogP contribution in [0.5, 0.6) is 0 Å². The van der Waals surface area contributed by atoms with E-state index in [0.29, 0.717) is 0 Å². The lowest BCUT2D eigenvalue weighted by molar-refractivity contribution is 0.600. The van der Waals surface area contributed by atoms with Crippen molar-refractivity contribution in [3.05, 3.63) is 82.9 Å². The Bertz CT molecular complexity index is 780. The lowest BCUT2D eigenvalue weighted by atomic mass is 10.1. The van der Waals surface area contributed by atoms with Crippen LogP contribution in [0.2, 0.25) is 5.02 Å². The molecule has 0 saturated carbocycles. The van der Waals surface area contributed by atoms with Gasteiger partial charge < -0.3 is 9.88 Å². The molecule has 0 saturated heterocycles. The fourth-order valence-corrected chi connectivity index (χ4v) is 3.25. The molecule has 2 aromatic heterocycles. The fourth-order valence-electron chi connectivity index (χ4n) is 2.97. The molecule has 0 aliphatic carbocycles. The molecule has 1 aliphatic heterocycles. The van der Waals surface area contributed by atoms with E-state index in [2.05, 4.69) is 39.3 Å². The van der Waals surface area contributed by atoms with Crippen molar-refractivity contribution in [2.45, 2.75) is 12.6 Å². The van der Waals surface area contributed by atoms with Gasteiger partial charge in [-0.05, 0) is 41.5 Å². The fraction of sp³-hybridized carbons (Fsp3) is 0.118. The monoisotopic (exact) mass is 295 g/mol. The third-order valence-corrected chi connectivity index (χ3v) is 4.23. The normalized spacial score (nSPS) is 16.9. The maximum atomic E-state index is 6.43. The van der Waals surface area contributed by atoms with Crippen molar-refractivity contribution < 1.29 is 0 Å². The highest BCUT2D eigenvalue weighted by Gasteiger charge is 2.23. The van der Waals surface area contributed by atoms with E-state index in [1.54, 1.807) is 0 Å². The van der Waals surface area contributed by atoms with Crippen LogP contribution in [-0.4, -0.2) is 9.55 Å². The predicted octanol–water partition coefficient (Wildman–Crippen LogP) is 3.72. The van der Waals surface area contributed by atoms with Gasteiger partial charge in [0.25, 0.3) is 0 Å². The number of benzene rings is 1. The molecule has 21 heavy (non-hydrogen) atoms. The van der Waals surface area contributed by atoms with Crippen LogP contribution in [0.25, 0.3) is 5.69 Å². The number of nitrogens with zero attached hydrogens (tertiary/aromatic N) is 2. The molecule has 4 heteroatoms. The molecule has 1 N–H and O–H groups in total. The van der Waals surface area contributed by atoms with E-state index >= 15 is 0 Å². The quantitative estimate of drug-likeness (QED) is 0.741. The van der Waals surface area contributed by atoms with Crippen molar-refractivity contribution in [1.29, 1.82) is 0 Å². The Labute approximate surface area is 128 Å². The zero-order valence-electron chi connectivity index (χ0n) is 11.3. The van der Waals surface area contributed by atoms with Gasteiger partial charge in [-0.1, -0.05) is 23.7 Å². The average Bonchev–Trinajstić information content (AvgIpc) is 2.92. The molecule has 3 heterocycles. The van der Waals surface area contributed by atoms with Crippen LogP contribution in [0, 0.1) is 0 Å². The smallest absolute Gasteiger partial charge is 0.0738 e. The number of rotatable bonds is 1. The summed E-state index contributed by atoms with van der Waals surface area (Å²) in [6, 6.07) is 14.5. The van der Waals surface area contributed by atoms with Gasteiger partial charge in [-0.25, -0.2) is 0 Å². The molecule has 1 aromatic carbocycles. The lowest BCUT2D eigenvalue weighted by Gasteiger charge is -2.17. The first-order chi connectivity index (χ1) is 10.3. The SMILES string of the molecule is Clc1cccc2c1-n1cccc1C(c1ccncc1)NC2. The van der Waals surface area contributed by atoms with Crippen molar-refractivity contribution in [2.75, 3.05) is 0 Å². The van der Waals surface area contributed by atoms with E-state index in [0.717, 1.165) is 17.3 Å². The number of aromatic nitrogens is 2. The molecule has 0 amide bonds. The summed E-state index contributed by atoms with van der Waals surface area (Å²) in [7, 11) is 0. The Balaban J connectivity index is 1.91. The van der Waals surface area contributed by atoms with Gasteiger partial charge in [0, 0.05) is 30.8 Å². The van der Waals surface area contributed by atoms with Crippen molar-refractivity contribution in [3.63, 3.8) is 0 Å². The first-order valence-corrected chi connectivity index (χ1v) is 7.31. The Morgan fingerprint density at radius 1 is 1.10 bits per heavy atom. The van der Waals surface area contributed by atoms with Gasteiger partial charge in [0.2, 0.25) is 0 Å². The van der Waals surface area contributed by atoms with Crippen LogP contribution in [0.3, 0.4) is 0 Å². The molecule has 1 atom stereocenters. The van der Waals surface area contributed by atoms with Gasteiger partial charge in [-0.3, -0.25) is 4.98 Å². The first-order valence-electron chi connectivity index (χ1n) is 6.93. The van der Waals surface area contributed by atoms with Crippen molar-refractivity contribution in [2.24, 2.45) is 0 Å². The second kappa shape index (κ2) is 5.02. The molecular formula is C17H14ClN3. The van der Waals surface area contributed by atoms with Gasteiger partial charge in [-0.2, -0.15) is 0 Å². The van der Waals surface area contributed by atoms with Crippen LogP contribution < -0.4 is 5.32 Å². The molecule has 0 fully saturated rings. The Kier molecular flexibility index (Phi) is 3.02. The number of hydrogen-bond acceptors (Lipinski definition) is 2. The van der Waals surface area contributed by atoms with Gasteiger partial charge in [0.15, 0.2) is 0 Å². The molecule has 1 aliphatic rings. The summed E-state index contributed by atoms with van der Waals surface area (Å²) in [4.78, 5) is 4.11. The van der Waals surface area contributed by atoms with Crippen LogP contribution in [-0.2, 0) is 6.54 Å². The molecule has 1 unspecified atom stereocenters. The largest absolute Gasteiger partial charge is 0.317 e. The molecule has 3 aromatic rings. The zero-order chi connectivity index (χ0) is 14.2.